The van der Waals surface area contributed by atoms with E-state index >= 15 is 0 Å². The minimum Gasteiger partial charge on any atom is -0.329 e. The first kappa shape index (κ1) is 19.7. The molecule has 0 radical (unpaired) electrons. The second kappa shape index (κ2) is 7.15. The molecule has 0 aliphatic heterocycles. The summed E-state index contributed by atoms with van der Waals surface area (Å²) in [7, 11) is 0. The number of hydrogen-bond donors (Lipinski definition) is 0. The Morgan fingerprint density at radius 3 is 2.67 bits per heavy atom. The summed E-state index contributed by atoms with van der Waals surface area (Å²) < 4.78 is 66.7. The normalized spacial score (nSPS) is 16.0. The molecule has 1 aliphatic carbocycles. The highest BCUT2D eigenvalue weighted by molar-refractivity contribution is 7.15. The van der Waals surface area contributed by atoms with Crippen molar-refractivity contribution in [3.63, 3.8) is 0 Å². The molecule has 6 nitrogen and oxygen atoms in total. The number of amides is 1. The summed E-state index contributed by atoms with van der Waals surface area (Å²) in [5.41, 5.74) is -0.627. The van der Waals surface area contributed by atoms with Crippen LogP contribution in [-0.4, -0.2) is 34.1 Å². The van der Waals surface area contributed by atoms with Gasteiger partial charge in [0.05, 0.1) is 11.4 Å². The predicted molar refractivity (Wildman–Crippen MR) is 82.5 cm³/mol. The maximum Gasteiger partial charge on any atom is 0.471 e. The molecule has 27 heavy (non-hydrogen) atoms. The highest BCUT2D eigenvalue weighted by Gasteiger charge is 2.48. The number of rotatable bonds is 7. The Balaban J connectivity index is 1.73. The number of aromatic nitrogens is 2. The molecule has 1 amide bonds. The van der Waals surface area contributed by atoms with Gasteiger partial charge in [0, 0.05) is 10.3 Å². The minimum atomic E-state index is -4.75. The summed E-state index contributed by atoms with van der Waals surface area (Å²) in [6.45, 7) is 0.668. The second-order valence-corrected chi connectivity index (χ2v) is 7.44. The first-order valence-electron chi connectivity index (χ1n) is 7.81. The number of alkyl halides is 5. The lowest BCUT2D eigenvalue weighted by Gasteiger charge is -2.24. The third-order valence-corrected chi connectivity index (χ3v) is 5.02. The Morgan fingerprint density at radius 1 is 1.41 bits per heavy atom. The quantitative estimate of drug-likeness (QED) is 0.506. The lowest BCUT2D eigenvalue weighted by Crippen LogP contribution is -2.36. The van der Waals surface area contributed by atoms with E-state index in [4.69, 9.17) is 4.84 Å². The van der Waals surface area contributed by atoms with Crippen molar-refractivity contribution in [2.45, 2.75) is 38.9 Å². The van der Waals surface area contributed by atoms with E-state index in [0.29, 0.717) is 17.7 Å². The molecule has 2 aromatic rings. The smallest absolute Gasteiger partial charge is 0.329 e. The van der Waals surface area contributed by atoms with Gasteiger partial charge in [0.1, 0.15) is 6.61 Å². The van der Waals surface area contributed by atoms with E-state index in [0.717, 1.165) is 16.4 Å². The molecule has 1 aliphatic rings. The number of carbonyl (C=O) groups is 1. The van der Waals surface area contributed by atoms with E-state index in [1.54, 1.807) is 6.92 Å². The molecule has 0 aromatic carbocycles. The van der Waals surface area contributed by atoms with Gasteiger partial charge in [-0.3, -0.25) is 9.63 Å². The number of halogens is 5. The number of hydrogen-bond acceptors (Lipinski definition) is 6. The average Bonchev–Trinajstić information content (AvgIpc) is 3.02. The van der Waals surface area contributed by atoms with Crippen LogP contribution < -0.4 is 0 Å². The molecule has 0 atom stereocenters. The number of thiophene rings is 1. The van der Waals surface area contributed by atoms with E-state index < -0.39 is 36.4 Å². The van der Waals surface area contributed by atoms with Crippen molar-refractivity contribution in [2.24, 2.45) is 5.41 Å². The van der Waals surface area contributed by atoms with Crippen molar-refractivity contribution >= 4 is 17.2 Å². The zero-order valence-corrected chi connectivity index (χ0v) is 14.7. The van der Waals surface area contributed by atoms with Gasteiger partial charge >= 0.3 is 12.1 Å². The summed E-state index contributed by atoms with van der Waals surface area (Å²) in [4.78, 5) is 21.4. The lowest BCUT2D eigenvalue weighted by atomic mass is 10.1. The lowest BCUT2D eigenvalue weighted by molar-refractivity contribution is -0.206. The van der Waals surface area contributed by atoms with Gasteiger partial charge in [-0.1, -0.05) is 12.1 Å². The minimum absolute atomic E-state index is 0.115. The fraction of sp³-hybridized carbons (Fsp3) is 0.533. The fourth-order valence-corrected chi connectivity index (χ4v) is 3.10. The van der Waals surface area contributed by atoms with E-state index in [1.165, 1.54) is 12.1 Å². The summed E-state index contributed by atoms with van der Waals surface area (Å²) in [5, 5.41) is 4.16. The second-order valence-electron chi connectivity index (χ2n) is 6.28. The van der Waals surface area contributed by atoms with Gasteiger partial charge in [0.2, 0.25) is 5.82 Å². The van der Waals surface area contributed by atoms with Gasteiger partial charge < -0.3 is 4.52 Å². The van der Waals surface area contributed by atoms with Crippen LogP contribution in [0.4, 0.5) is 22.0 Å². The van der Waals surface area contributed by atoms with Crippen LogP contribution in [0.25, 0.3) is 10.7 Å². The van der Waals surface area contributed by atoms with Gasteiger partial charge in [0.25, 0.3) is 12.3 Å². The Labute approximate surface area is 153 Å². The SMILES string of the molecule is CC1(C(=O)N(Cc2ccc(-c3noc(C(F)(F)F)n3)s2)OCC(F)F)CC1. The average molecular weight is 411 g/mol. The summed E-state index contributed by atoms with van der Waals surface area (Å²) >= 11 is 1.01. The Kier molecular flexibility index (Phi) is 5.21. The molecule has 1 saturated carbocycles. The Bertz CT molecular complexity index is 816. The van der Waals surface area contributed by atoms with E-state index in [1.807, 2.05) is 0 Å². The molecule has 1 fully saturated rings. The van der Waals surface area contributed by atoms with Crippen molar-refractivity contribution in [2.75, 3.05) is 6.61 Å². The van der Waals surface area contributed by atoms with Crippen molar-refractivity contribution in [1.29, 1.82) is 0 Å². The highest BCUT2D eigenvalue weighted by atomic mass is 32.1. The van der Waals surface area contributed by atoms with Crippen LogP contribution in [0.15, 0.2) is 16.7 Å². The third-order valence-electron chi connectivity index (χ3n) is 3.95. The summed E-state index contributed by atoms with van der Waals surface area (Å²) in [6, 6.07) is 2.99. The van der Waals surface area contributed by atoms with Crippen molar-refractivity contribution in [1.82, 2.24) is 15.2 Å². The zero-order chi connectivity index (χ0) is 19.8. The van der Waals surface area contributed by atoms with Crippen LogP contribution in [0.2, 0.25) is 0 Å². The molecule has 0 bridgehead atoms. The van der Waals surface area contributed by atoms with Crippen LogP contribution in [-0.2, 0) is 22.4 Å². The van der Waals surface area contributed by atoms with Crippen molar-refractivity contribution < 1.29 is 36.1 Å². The van der Waals surface area contributed by atoms with Crippen molar-refractivity contribution in [3.05, 3.63) is 22.9 Å². The van der Waals surface area contributed by atoms with Crippen LogP contribution in [0, 0.1) is 5.41 Å². The third kappa shape index (κ3) is 4.61. The maximum absolute atomic E-state index is 12.5. The molecule has 0 unspecified atom stereocenters. The van der Waals surface area contributed by atoms with Gasteiger partial charge in [-0.25, -0.2) is 13.8 Å². The number of hydroxylamine groups is 2. The zero-order valence-electron chi connectivity index (χ0n) is 13.9. The van der Waals surface area contributed by atoms with E-state index in [-0.39, 0.29) is 17.2 Å². The molecule has 2 aromatic heterocycles. The molecule has 12 heteroatoms. The topological polar surface area (TPSA) is 68.5 Å². The molecule has 0 saturated heterocycles. The van der Waals surface area contributed by atoms with Crippen LogP contribution >= 0.6 is 11.3 Å². The van der Waals surface area contributed by atoms with Crippen LogP contribution in [0.1, 0.15) is 30.5 Å². The molecular formula is C15H14F5N3O3S. The maximum atomic E-state index is 12.5. The molecule has 3 rings (SSSR count). The molecule has 0 spiro atoms. The highest BCUT2D eigenvalue weighted by Crippen LogP contribution is 2.47. The number of carbonyl (C=O) groups excluding carboxylic acids is 1. The molecule has 0 N–H and O–H groups in total. The van der Waals surface area contributed by atoms with Crippen molar-refractivity contribution in [3.8, 4) is 10.7 Å². The van der Waals surface area contributed by atoms with E-state index in [2.05, 4.69) is 14.7 Å². The molecular weight excluding hydrogens is 397 g/mol. The fourth-order valence-electron chi connectivity index (χ4n) is 2.19. The first-order valence-corrected chi connectivity index (χ1v) is 8.63. The van der Waals surface area contributed by atoms with Gasteiger partial charge in [0.15, 0.2) is 0 Å². The number of nitrogens with zero attached hydrogens (tertiary/aromatic N) is 3. The molecule has 2 heterocycles. The largest absolute Gasteiger partial charge is 0.471 e. The van der Waals surface area contributed by atoms with Gasteiger partial charge in [-0.05, 0) is 25.0 Å². The Morgan fingerprint density at radius 2 is 2.11 bits per heavy atom. The Hall–Kier alpha value is -2.08. The predicted octanol–water partition coefficient (Wildman–Crippen LogP) is 4.14. The van der Waals surface area contributed by atoms with Gasteiger partial charge in [-0.2, -0.15) is 18.2 Å². The summed E-state index contributed by atoms with van der Waals surface area (Å²) in [6.07, 6.45) is -6.22. The molecule has 148 valence electrons. The first-order chi connectivity index (χ1) is 12.6. The van der Waals surface area contributed by atoms with Gasteiger partial charge in [-0.15, -0.1) is 11.3 Å². The summed E-state index contributed by atoms with van der Waals surface area (Å²) in [5.74, 6) is -2.12. The monoisotopic (exact) mass is 411 g/mol. The standard InChI is InChI=1S/C15H14F5N3O3S/c1-14(4-5-14)13(24)23(25-7-10(16)17)6-8-2-3-9(27-8)11-21-12(26-22-11)15(18,19)20/h2-3,10H,4-7H2,1H3. The van der Waals surface area contributed by atoms with Crippen LogP contribution in [0.3, 0.4) is 0 Å². The van der Waals surface area contributed by atoms with E-state index in [9.17, 15) is 26.7 Å². The van der Waals surface area contributed by atoms with Crippen LogP contribution in [0.5, 0.6) is 0 Å².